The lowest BCUT2D eigenvalue weighted by atomic mass is 10.6. The predicted molar refractivity (Wildman–Crippen MR) is 32.3 cm³/mol. The van der Waals surface area contributed by atoms with E-state index in [2.05, 4.69) is 9.47 Å². The summed E-state index contributed by atoms with van der Waals surface area (Å²) in [5.74, 6) is -4.22. The van der Waals surface area contributed by atoms with Gasteiger partial charge in [-0.3, -0.25) is 9.59 Å². The lowest BCUT2D eigenvalue weighted by Crippen LogP contribution is -2.26. The fourth-order valence-electron chi connectivity index (χ4n) is 0.279. The summed E-state index contributed by atoms with van der Waals surface area (Å²) in [4.78, 5) is 40.4. The van der Waals surface area contributed by atoms with E-state index in [1.54, 1.807) is 0 Å². The quantitative estimate of drug-likeness (QED) is 0.217. The molecule has 0 aromatic heterocycles. The fraction of sp³-hybridized carbons (Fsp3) is 0.200. The highest BCUT2D eigenvalue weighted by Crippen LogP contribution is 1.82. The minimum atomic E-state index is -1.57. The van der Waals surface area contributed by atoms with E-state index in [1.165, 1.54) is 0 Å². The van der Waals surface area contributed by atoms with Gasteiger partial charge in [0.05, 0.1) is 6.54 Å². The van der Waals surface area contributed by atoms with Gasteiger partial charge in [-0.25, -0.2) is 9.59 Å². The Morgan fingerprint density at radius 1 is 1.25 bits per heavy atom. The molecule has 0 unspecified atom stereocenters. The Bertz CT molecular complexity index is 222. The number of hydrogen-bond donors (Lipinski definition) is 1. The van der Waals surface area contributed by atoms with Crippen LogP contribution in [0.3, 0.4) is 0 Å². The first kappa shape index (κ1) is 10.2. The van der Waals surface area contributed by atoms with E-state index >= 15 is 0 Å². The second-order valence-corrected chi connectivity index (χ2v) is 1.47. The molecule has 0 heterocycles. The Morgan fingerprint density at radius 3 is 2.25 bits per heavy atom. The van der Waals surface area contributed by atoms with Crippen LogP contribution in [0.1, 0.15) is 0 Å². The van der Waals surface area contributed by atoms with Crippen molar-refractivity contribution in [2.45, 2.75) is 0 Å². The van der Waals surface area contributed by atoms with Crippen molar-refractivity contribution in [3.63, 3.8) is 0 Å². The minimum absolute atomic E-state index is 0.253. The minimum Gasteiger partial charge on any atom is -0.387 e. The van der Waals surface area contributed by atoms with Gasteiger partial charge in [0.2, 0.25) is 0 Å². The van der Waals surface area contributed by atoms with E-state index in [9.17, 15) is 19.2 Å². The van der Waals surface area contributed by atoms with Crippen LogP contribution in [0.25, 0.3) is 0 Å². The molecule has 0 aliphatic rings. The summed E-state index contributed by atoms with van der Waals surface area (Å²) in [5, 5.41) is 0. The smallest absolute Gasteiger partial charge is 0.387 e. The molecule has 0 aromatic rings. The zero-order valence-corrected chi connectivity index (χ0v) is 5.81. The van der Waals surface area contributed by atoms with Crippen LogP contribution in [0.4, 0.5) is 0 Å². The number of nitrogens with two attached hydrogens (primary N) is 1. The van der Waals surface area contributed by atoms with Crippen LogP contribution in [0.15, 0.2) is 0 Å². The molecule has 0 spiro atoms. The highest BCUT2D eigenvalue weighted by atomic mass is 16.6. The first-order chi connectivity index (χ1) is 5.61. The zero-order chi connectivity index (χ0) is 9.56. The number of esters is 3. The van der Waals surface area contributed by atoms with Crippen molar-refractivity contribution in [3.05, 3.63) is 0 Å². The molecule has 0 bridgehead atoms. The van der Waals surface area contributed by atoms with Gasteiger partial charge in [-0.1, -0.05) is 0 Å². The third kappa shape index (κ3) is 3.42. The monoisotopic (exact) mass is 175 g/mol. The molecule has 66 valence electrons. The van der Waals surface area contributed by atoms with Gasteiger partial charge < -0.3 is 15.2 Å². The van der Waals surface area contributed by atoms with Crippen LogP contribution in [-0.4, -0.2) is 30.9 Å². The van der Waals surface area contributed by atoms with E-state index in [0.717, 1.165) is 0 Å². The first-order valence-electron chi connectivity index (χ1n) is 2.71. The van der Waals surface area contributed by atoms with Crippen molar-refractivity contribution in [3.8, 4) is 0 Å². The maximum Gasteiger partial charge on any atom is 0.425 e. The molecule has 0 atom stereocenters. The second kappa shape index (κ2) is 4.97. The molecule has 7 nitrogen and oxygen atoms in total. The van der Waals surface area contributed by atoms with E-state index < -0.39 is 24.5 Å². The summed E-state index contributed by atoms with van der Waals surface area (Å²) < 4.78 is 7.34. The predicted octanol–water partition coefficient (Wildman–Crippen LogP) is -2.29. The van der Waals surface area contributed by atoms with Crippen molar-refractivity contribution in [1.29, 1.82) is 0 Å². The van der Waals surface area contributed by atoms with Crippen LogP contribution in [0, 0.1) is 0 Å². The lowest BCUT2D eigenvalue weighted by molar-refractivity contribution is -0.174. The molecule has 0 rings (SSSR count). The maximum atomic E-state index is 10.4. The maximum absolute atomic E-state index is 10.4. The van der Waals surface area contributed by atoms with Crippen LogP contribution >= 0.6 is 0 Å². The van der Waals surface area contributed by atoms with Gasteiger partial charge in [-0.15, -0.1) is 0 Å². The van der Waals surface area contributed by atoms with Crippen molar-refractivity contribution in [2.75, 3.05) is 6.54 Å². The average Bonchev–Trinajstić information content (AvgIpc) is 2.04. The van der Waals surface area contributed by atoms with E-state index in [1.807, 2.05) is 0 Å². The topological polar surface area (TPSA) is 113 Å². The molecular weight excluding hydrogens is 170 g/mol. The highest BCUT2D eigenvalue weighted by Gasteiger charge is 2.20. The molecule has 12 heavy (non-hydrogen) atoms. The third-order valence-corrected chi connectivity index (χ3v) is 0.695. The molecule has 7 heteroatoms. The van der Waals surface area contributed by atoms with E-state index in [-0.39, 0.29) is 6.47 Å². The number of carbonyl (C=O) groups excluding carboxylic acids is 4. The van der Waals surface area contributed by atoms with E-state index in [0.29, 0.717) is 0 Å². The molecule has 0 amide bonds. The van der Waals surface area contributed by atoms with E-state index in [4.69, 9.17) is 5.73 Å². The second-order valence-electron chi connectivity index (χ2n) is 1.47. The summed E-state index contributed by atoms with van der Waals surface area (Å²) in [6.45, 7) is -0.795. The molecular formula is C5H5NO6. The molecule has 0 aliphatic carbocycles. The van der Waals surface area contributed by atoms with Gasteiger partial charge in [-0.05, 0) is 0 Å². The van der Waals surface area contributed by atoms with Gasteiger partial charge in [0.15, 0.2) is 0 Å². The molecule has 0 aliphatic heterocycles. The summed E-state index contributed by atoms with van der Waals surface area (Å²) in [6, 6.07) is 0. The summed E-state index contributed by atoms with van der Waals surface area (Å²) in [5.41, 5.74) is 4.75. The summed E-state index contributed by atoms with van der Waals surface area (Å²) in [6.07, 6.45) is 0. The molecule has 0 radical (unpaired) electrons. The van der Waals surface area contributed by atoms with Gasteiger partial charge in [0.1, 0.15) is 0 Å². The Balaban J connectivity index is 3.95. The van der Waals surface area contributed by atoms with Gasteiger partial charge in [0, 0.05) is 0 Å². The Kier molecular flexibility index (Phi) is 4.24. The van der Waals surface area contributed by atoms with Crippen molar-refractivity contribution in [1.82, 2.24) is 0 Å². The van der Waals surface area contributed by atoms with Crippen molar-refractivity contribution in [2.24, 2.45) is 5.73 Å². The molecule has 0 saturated heterocycles. The number of ether oxygens (including phenoxy) is 2. The Labute approximate surface area is 66.4 Å². The average molecular weight is 175 g/mol. The Hall–Kier alpha value is -1.76. The first-order valence-corrected chi connectivity index (χ1v) is 2.71. The molecule has 0 saturated carbocycles. The number of carbonyl (C=O) groups is 4. The van der Waals surface area contributed by atoms with Crippen LogP contribution < -0.4 is 5.73 Å². The normalized spacial score (nSPS) is 8.42. The molecule has 2 N–H and O–H groups in total. The molecule has 0 aromatic carbocycles. The highest BCUT2D eigenvalue weighted by molar-refractivity contribution is 6.32. The lowest BCUT2D eigenvalue weighted by Gasteiger charge is -1.96. The summed E-state index contributed by atoms with van der Waals surface area (Å²) >= 11 is 0. The van der Waals surface area contributed by atoms with Crippen molar-refractivity contribution >= 4 is 24.4 Å². The summed E-state index contributed by atoms with van der Waals surface area (Å²) in [7, 11) is 0. The molecule has 0 fully saturated rings. The number of hydrogen-bond acceptors (Lipinski definition) is 7. The van der Waals surface area contributed by atoms with Gasteiger partial charge in [0.25, 0.3) is 0 Å². The standard InChI is InChI=1S/C5H5NO6/c6-1-3(8)12-5(10)4(9)11-2-7/h2H,1,6H2. The van der Waals surface area contributed by atoms with Crippen molar-refractivity contribution < 1.29 is 28.7 Å². The SMILES string of the molecule is NCC(=O)OC(=O)C(=O)OC=O. The third-order valence-electron chi connectivity index (χ3n) is 0.695. The zero-order valence-electron chi connectivity index (χ0n) is 5.81. The Morgan fingerprint density at radius 2 is 1.83 bits per heavy atom. The van der Waals surface area contributed by atoms with Crippen LogP contribution in [0.5, 0.6) is 0 Å². The number of rotatable bonds is 2. The van der Waals surface area contributed by atoms with Gasteiger partial charge in [-0.2, -0.15) is 0 Å². The largest absolute Gasteiger partial charge is 0.425 e. The fourth-order valence-corrected chi connectivity index (χ4v) is 0.279. The van der Waals surface area contributed by atoms with Crippen LogP contribution in [-0.2, 0) is 28.7 Å². The van der Waals surface area contributed by atoms with Crippen LogP contribution in [0.2, 0.25) is 0 Å². The van der Waals surface area contributed by atoms with Gasteiger partial charge >= 0.3 is 24.4 Å².